The summed E-state index contributed by atoms with van der Waals surface area (Å²) in [6, 6.07) is 8.40. The maximum atomic E-state index is 12.9. The van der Waals surface area contributed by atoms with Crippen LogP contribution in [0.15, 0.2) is 35.8 Å². The van der Waals surface area contributed by atoms with Gasteiger partial charge in [0.25, 0.3) is 0 Å². The number of aryl methyl sites for hydroxylation is 6. The lowest BCUT2D eigenvalue weighted by Gasteiger charge is -2.25. The Labute approximate surface area is 312 Å². The highest BCUT2D eigenvalue weighted by molar-refractivity contribution is 6.64. The Hall–Kier alpha value is -3.51. The number of allylic oxidation sites excluding steroid dienone is 4. The number of benzene rings is 2. The summed E-state index contributed by atoms with van der Waals surface area (Å²) in [4.78, 5) is 47.9. The number of ketones is 2. The molecular formula is C44H61ClO6. The van der Waals surface area contributed by atoms with Gasteiger partial charge in [0.15, 0.2) is 11.6 Å². The van der Waals surface area contributed by atoms with Crippen molar-refractivity contribution in [3.63, 3.8) is 0 Å². The van der Waals surface area contributed by atoms with Gasteiger partial charge < -0.3 is 9.84 Å². The number of halogens is 1. The van der Waals surface area contributed by atoms with Gasteiger partial charge in [-0.15, -0.1) is 0 Å². The summed E-state index contributed by atoms with van der Waals surface area (Å²) in [5.74, 6) is 0.594. The van der Waals surface area contributed by atoms with E-state index in [0.717, 1.165) is 46.2 Å². The van der Waals surface area contributed by atoms with E-state index in [9.17, 15) is 24.3 Å². The van der Waals surface area contributed by atoms with Crippen LogP contribution in [0.3, 0.4) is 0 Å². The molecular weight excluding hydrogens is 660 g/mol. The molecule has 0 saturated heterocycles. The van der Waals surface area contributed by atoms with Gasteiger partial charge in [-0.25, -0.2) is 0 Å². The molecule has 0 radical (unpaired) electrons. The van der Waals surface area contributed by atoms with Crippen LogP contribution in [-0.2, 0) is 36.8 Å². The summed E-state index contributed by atoms with van der Waals surface area (Å²) in [7, 11) is 0. The van der Waals surface area contributed by atoms with Crippen molar-refractivity contribution in [2.45, 2.75) is 136 Å². The third-order valence-corrected chi connectivity index (χ3v) is 9.83. The molecule has 0 aliphatic heterocycles. The Bertz CT molecular complexity index is 1770. The predicted octanol–water partition coefficient (Wildman–Crippen LogP) is 11.1. The number of hydrogen-bond donors (Lipinski definition) is 1. The first-order chi connectivity index (χ1) is 23.1. The Morgan fingerprint density at radius 3 is 1.41 bits per heavy atom. The number of Topliss-reactive ketones (excluding diaryl/α,β-unsaturated/α-hetero) is 2. The van der Waals surface area contributed by atoms with Gasteiger partial charge >= 0.3 is 5.97 Å². The molecule has 0 amide bonds. The summed E-state index contributed by atoms with van der Waals surface area (Å²) in [5, 5.41) is 10.1. The van der Waals surface area contributed by atoms with E-state index in [4.69, 9.17) is 16.3 Å². The third-order valence-electron chi connectivity index (χ3n) is 9.26. The minimum Gasteiger partial charge on any atom is -0.511 e. The van der Waals surface area contributed by atoms with Crippen LogP contribution in [0.25, 0.3) is 11.1 Å². The highest BCUT2D eigenvalue weighted by Gasteiger charge is 2.44. The van der Waals surface area contributed by atoms with Crippen LogP contribution in [0.2, 0.25) is 0 Å². The van der Waals surface area contributed by atoms with E-state index < -0.39 is 16.2 Å². The van der Waals surface area contributed by atoms with E-state index in [2.05, 4.69) is 52.0 Å². The first-order valence-electron chi connectivity index (χ1n) is 18.0. The van der Waals surface area contributed by atoms with Crippen LogP contribution >= 0.6 is 11.6 Å². The fourth-order valence-corrected chi connectivity index (χ4v) is 6.41. The minimum absolute atomic E-state index is 0.0587. The lowest BCUT2D eigenvalue weighted by atomic mass is 9.89. The zero-order valence-electron chi connectivity index (χ0n) is 34.0. The fourth-order valence-electron chi connectivity index (χ4n) is 6.41. The van der Waals surface area contributed by atoms with Gasteiger partial charge in [0.2, 0.25) is 5.24 Å². The second kappa shape index (κ2) is 16.0. The predicted molar refractivity (Wildman–Crippen MR) is 210 cm³/mol. The van der Waals surface area contributed by atoms with E-state index in [-0.39, 0.29) is 34.0 Å². The van der Waals surface area contributed by atoms with Crippen molar-refractivity contribution in [3.05, 3.63) is 80.3 Å². The van der Waals surface area contributed by atoms with Gasteiger partial charge in [-0.1, -0.05) is 97.7 Å². The van der Waals surface area contributed by atoms with E-state index in [0.29, 0.717) is 29.7 Å². The second-order valence-electron chi connectivity index (χ2n) is 17.5. The first-order valence-corrected chi connectivity index (χ1v) is 18.4. The first kappa shape index (κ1) is 43.7. The lowest BCUT2D eigenvalue weighted by Crippen LogP contribution is -2.26. The van der Waals surface area contributed by atoms with Crippen molar-refractivity contribution < 1.29 is 29.0 Å². The molecule has 51 heavy (non-hydrogen) atoms. The Morgan fingerprint density at radius 1 is 0.706 bits per heavy atom. The van der Waals surface area contributed by atoms with Gasteiger partial charge in [0.05, 0.1) is 16.6 Å². The molecule has 2 aromatic carbocycles. The summed E-state index contributed by atoms with van der Waals surface area (Å²) in [6.07, 6.45) is 2.45. The molecule has 0 aromatic heterocycles. The average Bonchev–Trinajstić information content (AvgIpc) is 3.31. The van der Waals surface area contributed by atoms with Crippen LogP contribution in [0.5, 0.6) is 0 Å². The molecule has 6 nitrogen and oxygen atoms in total. The van der Waals surface area contributed by atoms with E-state index in [1.165, 1.54) is 11.1 Å². The van der Waals surface area contributed by atoms with Crippen molar-refractivity contribution in [2.75, 3.05) is 0 Å². The zero-order valence-corrected chi connectivity index (χ0v) is 34.8. The van der Waals surface area contributed by atoms with Crippen LogP contribution in [0.4, 0.5) is 0 Å². The standard InChI is InChI=1S/C22H30O3.C17H22O2.C5H9ClO/c1-9-15-11-13(2)10-14(3)17(15)18-16(23)12-22(7,8)19(18)25-20(24)21(4,5)6;1-6-12-8-10(2)7-11(3)14(12)15-13(18)9-17(4,5)16(15)19;1-5(2,3)4(6)7/h10-11H,9,12H2,1-8H3;7-8,19H,6,9H2,1-5H3;1-3H3. The van der Waals surface area contributed by atoms with Gasteiger partial charge in [0, 0.05) is 29.1 Å². The minimum atomic E-state index is -0.615. The Kier molecular flexibility index (Phi) is 13.7. The summed E-state index contributed by atoms with van der Waals surface area (Å²) in [6.45, 7) is 30.9. The molecule has 0 atom stereocenters. The molecule has 4 rings (SSSR count). The van der Waals surface area contributed by atoms with Crippen molar-refractivity contribution in [1.29, 1.82) is 0 Å². The third kappa shape index (κ3) is 10.3. The quantitative estimate of drug-likeness (QED) is 0.244. The van der Waals surface area contributed by atoms with Crippen LogP contribution in [0, 0.1) is 49.4 Å². The highest BCUT2D eigenvalue weighted by Crippen LogP contribution is 2.47. The molecule has 0 saturated carbocycles. The van der Waals surface area contributed by atoms with Gasteiger partial charge in [-0.05, 0) is 106 Å². The van der Waals surface area contributed by atoms with Crippen molar-refractivity contribution in [3.8, 4) is 0 Å². The number of rotatable bonds is 5. The van der Waals surface area contributed by atoms with Crippen molar-refractivity contribution >= 4 is 45.5 Å². The summed E-state index contributed by atoms with van der Waals surface area (Å²) >= 11 is 5.11. The number of esters is 1. The van der Waals surface area contributed by atoms with Gasteiger partial charge in [0.1, 0.15) is 11.5 Å². The highest BCUT2D eigenvalue weighted by atomic mass is 35.5. The summed E-state index contributed by atoms with van der Waals surface area (Å²) < 4.78 is 5.83. The maximum absolute atomic E-state index is 12.9. The Balaban J connectivity index is 0.000000305. The summed E-state index contributed by atoms with van der Waals surface area (Å²) in [5.41, 5.74) is 7.90. The van der Waals surface area contributed by atoms with Crippen LogP contribution in [0.1, 0.15) is 140 Å². The number of hydrogen-bond acceptors (Lipinski definition) is 6. The second-order valence-corrected chi connectivity index (χ2v) is 17.8. The molecule has 2 aromatic rings. The number of aliphatic hydroxyl groups is 1. The fraction of sp³-hybridized carbons (Fsp3) is 0.545. The largest absolute Gasteiger partial charge is 0.511 e. The maximum Gasteiger partial charge on any atom is 0.316 e. The number of carbonyl (C=O) groups is 4. The normalized spacial score (nSPS) is 16.8. The smallest absolute Gasteiger partial charge is 0.316 e. The average molecular weight is 721 g/mol. The molecule has 1 N–H and O–H groups in total. The van der Waals surface area contributed by atoms with Crippen LogP contribution < -0.4 is 0 Å². The number of ether oxygens (including phenoxy) is 1. The number of aliphatic hydroxyl groups excluding tert-OH is 1. The molecule has 2 aliphatic carbocycles. The van der Waals surface area contributed by atoms with E-state index >= 15 is 0 Å². The molecule has 0 spiro atoms. The molecule has 7 heteroatoms. The van der Waals surface area contributed by atoms with Crippen molar-refractivity contribution in [2.24, 2.45) is 21.7 Å². The van der Waals surface area contributed by atoms with E-state index in [1.807, 2.05) is 62.3 Å². The lowest BCUT2D eigenvalue weighted by molar-refractivity contribution is -0.150. The molecule has 280 valence electrons. The molecule has 2 aliphatic rings. The van der Waals surface area contributed by atoms with E-state index in [1.54, 1.807) is 20.8 Å². The number of carbonyl (C=O) groups excluding carboxylic acids is 4. The molecule has 0 unspecified atom stereocenters. The molecule has 0 heterocycles. The monoisotopic (exact) mass is 720 g/mol. The van der Waals surface area contributed by atoms with Crippen LogP contribution in [-0.4, -0.2) is 27.9 Å². The van der Waals surface area contributed by atoms with Gasteiger partial charge in [-0.2, -0.15) is 0 Å². The molecule has 0 bridgehead atoms. The van der Waals surface area contributed by atoms with Gasteiger partial charge in [-0.3, -0.25) is 19.2 Å². The zero-order chi connectivity index (χ0) is 39.6. The topological polar surface area (TPSA) is 97.7 Å². The SMILES string of the molecule is CC(C)(C)C(=O)Cl.CCc1cc(C)cc(C)c1C1=C(O)C(C)(C)CC1=O.CCc1cc(C)cc(C)c1C1=C(OC(=O)C(C)(C)C)C(C)(C)CC1=O. The molecule has 0 fully saturated rings. The van der Waals surface area contributed by atoms with Crippen molar-refractivity contribution in [1.82, 2.24) is 0 Å². The Morgan fingerprint density at radius 2 is 1.08 bits per heavy atom.